The van der Waals surface area contributed by atoms with Crippen LogP contribution in [0.15, 0.2) is 29.4 Å². The Balaban J connectivity index is 0.000000720. The molecule has 0 spiro atoms. The third-order valence-corrected chi connectivity index (χ3v) is 1.79. The molecule has 0 aromatic heterocycles. The summed E-state index contributed by atoms with van der Waals surface area (Å²) in [6.45, 7) is 1.20. The average molecular weight is 187 g/mol. The number of hydrogen-bond acceptors (Lipinski definition) is 3. The second-order valence-corrected chi connectivity index (χ2v) is 2.71. The van der Waals surface area contributed by atoms with Gasteiger partial charge in [0.2, 0.25) is 0 Å². The van der Waals surface area contributed by atoms with E-state index in [4.69, 9.17) is 0 Å². The smallest absolute Gasteiger partial charge is 1.00 e. The van der Waals surface area contributed by atoms with Crippen LogP contribution < -0.4 is 12.4 Å². The highest BCUT2D eigenvalue weighted by Crippen LogP contribution is 2.08. The fourth-order valence-corrected chi connectivity index (χ4v) is 1.25. The summed E-state index contributed by atoms with van der Waals surface area (Å²) in [4.78, 5) is 6.14. The van der Waals surface area contributed by atoms with E-state index in [0.717, 1.165) is 5.84 Å². The minimum atomic E-state index is -0.310. The monoisotopic (exact) mass is 186 g/mol. The molecule has 12 heavy (non-hydrogen) atoms. The highest BCUT2D eigenvalue weighted by molar-refractivity contribution is 5.95. The summed E-state index contributed by atoms with van der Waals surface area (Å²) in [6, 6.07) is 0. The number of allylic oxidation sites excluding steroid dienone is 2. The van der Waals surface area contributed by atoms with Crippen molar-refractivity contribution < 1.29 is 18.9 Å². The lowest BCUT2D eigenvalue weighted by molar-refractivity contribution is -0.00000407. The van der Waals surface area contributed by atoms with Gasteiger partial charge in [-0.2, -0.15) is 0 Å². The molecule has 0 aromatic carbocycles. The number of fused-ring (bicyclic) bond motifs is 1. The van der Waals surface area contributed by atoms with Gasteiger partial charge in [0.1, 0.15) is 5.84 Å². The van der Waals surface area contributed by atoms with Crippen molar-refractivity contribution in [1.29, 1.82) is 0 Å². The summed E-state index contributed by atoms with van der Waals surface area (Å²) in [5, 5.41) is 9.24. The van der Waals surface area contributed by atoms with Crippen LogP contribution in [0.4, 0.5) is 0 Å². The quantitative estimate of drug-likeness (QED) is 0.446. The first-order valence-corrected chi connectivity index (χ1v) is 3.70. The minimum absolute atomic E-state index is 0. The van der Waals surface area contributed by atoms with E-state index in [1.54, 1.807) is 0 Å². The van der Waals surface area contributed by atoms with Gasteiger partial charge in [0, 0.05) is 6.20 Å². The molecule has 0 radical (unpaired) electrons. The highest BCUT2D eigenvalue weighted by atomic mass is 35.5. The molecule has 1 atom stereocenters. The first-order chi connectivity index (χ1) is 5.36. The topological polar surface area (TPSA) is 35.8 Å². The second kappa shape index (κ2) is 3.74. The van der Waals surface area contributed by atoms with Crippen molar-refractivity contribution in [3.8, 4) is 0 Å². The Morgan fingerprint density at radius 2 is 2.42 bits per heavy atom. The van der Waals surface area contributed by atoms with Gasteiger partial charge in [0.05, 0.1) is 19.2 Å². The van der Waals surface area contributed by atoms with Crippen molar-refractivity contribution in [3.63, 3.8) is 0 Å². The van der Waals surface area contributed by atoms with Crippen LogP contribution in [0.25, 0.3) is 0 Å². The second-order valence-electron chi connectivity index (χ2n) is 2.71. The van der Waals surface area contributed by atoms with Gasteiger partial charge >= 0.3 is 1.43 Å². The molecule has 1 N–H and O–H groups in total. The van der Waals surface area contributed by atoms with E-state index >= 15 is 0 Å². The zero-order chi connectivity index (χ0) is 7.68. The maximum atomic E-state index is 9.24. The normalized spacial score (nSPS) is 25.9. The number of halogens is 1. The number of hydrogen-bond donors (Lipinski definition) is 1. The standard InChI is InChI=1S/C8H10N2O.ClH/c11-7-5-9-8-3-1-2-4-10(8)6-7;/h1-4,7,11H,5-6H2;1H. The van der Waals surface area contributed by atoms with Crippen molar-refractivity contribution >= 4 is 5.84 Å². The van der Waals surface area contributed by atoms with Crippen molar-refractivity contribution in [3.05, 3.63) is 24.4 Å². The van der Waals surface area contributed by atoms with Crippen LogP contribution in [0.5, 0.6) is 0 Å². The molecule has 66 valence electrons. The Labute approximate surface area is 79.0 Å². The van der Waals surface area contributed by atoms with Crippen LogP contribution in [0.3, 0.4) is 0 Å². The molecule has 2 rings (SSSR count). The molecule has 4 heteroatoms. The maximum Gasteiger partial charge on any atom is 1.00 e. The maximum absolute atomic E-state index is 9.24. The molecule has 0 saturated carbocycles. The van der Waals surface area contributed by atoms with Crippen molar-refractivity contribution in [2.45, 2.75) is 6.10 Å². The molecular weight excluding hydrogens is 176 g/mol. The van der Waals surface area contributed by atoms with Crippen molar-refractivity contribution in [1.82, 2.24) is 4.90 Å². The molecule has 3 nitrogen and oxygen atoms in total. The van der Waals surface area contributed by atoms with E-state index < -0.39 is 0 Å². The summed E-state index contributed by atoms with van der Waals surface area (Å²) < 4.78 is 0. The fourth-order valence-electron chi connectivity index (χ4n) is 1.25. The first-order valence-electron chi connectivity index (χ1n) is 3.70. The van der Waals surface area contributed by atoms with Gasteiger partial charge in [-0.25, -0.2) is 0 Å². The molecule has 0 fully saturated rings. The largest absolute Gasteiger partial charge is 1.00 e. The van der Waals surface area contributed by atoms with Gasteiger partial charge in [-0.3, -0.25) is 4.99 Å². The van der Waals surface area contributed by atoms with Crippen LogP contribution in [-0.2, 0) is 0 Å². The van der Waals surface area contributed by atoms with Crippen LogP contribution in [0, 0.1) is 0 Å². The van der Waals surface area contributed by atoms with Gasteiger partial charge in [0.25, 0.3) is 0 Å². The summed E-state index contributed by atoms with van der Waals surface area (Å²) in [6.07, 6.45) is 7.46. The van der Waals surface area contributed by atoms with Crippen molar-refractivity contribution in [2.75, 3.05) is 13.1 Å². The summed E-state index contributed by atoms with van der Waals surface area (Å²) in [7, 11) is 0. The molecule has 2 aliphatic rings. The third kappa shape index (κ3) is 1.68. The fraction of sp³-hybridized carbons (Fsp3) is 0.375. The predicted octanol–water partition coefficient (Wildman–Crippen LogP) is -2.74. The van der Waals surface area contributed by atoms with Gasteiger partial charge < -0.3 is 22.4 Å². The molecule has 0 bridgehead atoms. The van der Waals surface area contributed by atoms with Crippen LogP contribution in [0.1, 0.15) is 1.43 Å². The van der Waals surface area contributed by atoms with E-state index in [0.29, 0.717) is 13.1 Å². The number of nitrogens with zero attached hydrogens (tertiary/aromatic N) is 2. The number of amidine groups is 1. The lowest BCUT2D eigenvalue weighted by atomic mass is 10.2. The van der Waals surface area contributed by atoms with Gasteiger partial charge in [-0.15, -0.1) is 0 Å². The number of rotatable bonds is 0. The molecule has 0 aliphatic carbocycles. The third-order valence-electron chi connectivity index (χ3n) is 1.79. The highest BCUT2D eigenvalue weighted by Gasteiger charge is 2.17. The Bertz CT molecular complexity index is 253. The summed E-state index contributed by atoms with van der Waals surface area (Å²) >= 11 is 0. The lowest BCUT2D eigenvalue weighted by Gasteiger charge is -2.28. The zero-order valence-corrected chi connectivity index (χ0v) is 7.28. The summed E-state index contributed by atoms with van der Waals surface area (Å²) in [5.41, 5.74) is 0. The van der Waals surface area contributed by atoms with E-state index in [9.17, 15) is 5.11 Å². The van der Waals surface area contributed by atoms with E-state index in [1.807, 2.05) is 29.3 Å². The Hall–Kier alpha value is -0.800. The molecule has 2 aliphatic heterocycles. The zero-order valence-electron chi connectivity index (χ0n) is 7.52. The van der Waals surface area contributed by atoms with Crippen molar-refractivity contribution in [2.24, 2.45) is 4.99 Å². The van der Waals surface area contributed by atoms with E-state index in [1.165, 1.54) is 0 Å². The first kappa shape index (κ1) is 9.29. The molecule has 1 unspecified atom stereocenters. The van der Waals surface area contributed by atoms with Crippen LogP contribution in [0.2, 0.25) is 0 Å². The Morgan fingerprint density at radius 3 is 3.25 bits per heavy atom. The number of aliphatic hydroxyl groups is 1. The Kier molecular flexibility index (Phi) is 2.89. The van der Waals surface area contributed by atoms with Gasteiger partial charge in [-0.05, 0) is 12.2 Å². The lowest BCUT2D eigenvalue weighted by Crippen LogP contribution is -3.00. The van der Waals surface area contributed by atoms with Crippen LogP contribution in [-0.4, -0.2) is 35.0 Å². The van der Waals surface area contributed by atoms with Crippen LogP contribution >= 0.6 is 0 Å². The Morgan fingerprint density at radius 1 is 1.58 bits per heavy atom. The van der Waals surface area contributed by atoms with E-state index in [2.05, 4.69) is 4.99 Å². The molecule has 0 aromatic rings. The van der Waals surface area contributed by atoms with E-state index in [-0.39, 0.29) is 19.9 Å². The number of aliphatic imine (C=N–C) groups is 1. The number of aliphatic hydroxyl groups excluding tert-OH is 1. The molecular formula is C8H11ClN2O. The predicted molar refractivity (Wildman–Crippen MR) is 44.4 cm³/mol. The van der Waals surface area contributed by atoms with Gasteiger partial charge in [0.15, 0.2) is 0 Å². The summed E-state index contributed by atoms with van der Waals surface area (Å²) in [5.74, 6) is 0.956. The SMILES string of the molecule is OC1CN=C2C=CC=CN2C1.[Cl-].[H+]. The molecule has 0 saturated heterocycles. The molecule has 2 heterocycles. The van der Waals surface area contributed by atoms with Gasteiger partial charge in [-0.1, -0.05) is 6.08 Å². The average Bonchev–Trinajstić information content (AvgIpc) is 2.04. The molecule has 0 amide bonds. The minimum Gasteiger partial charge on any atom is -1.00 e.